The largest absolute Gasteiger partial charge is 1.00 e. The van der Waals surface area contributed by atoms with Crippen molar-refractivity contribution in [3.05, 3.63) is 33.9 Å². The van der Waals surface area contributed by atoms with Crippen LogP contribution in [0.25, 0.3) is 0 Å². The van der Waals surface area contributed by atoms with Crippen molar-refractivity contribution in [2.24, 2.45) is 0 Å². The minimum absolute atomic E-state index is 0. The van der Waals surface area contributed by atoms with E-state index in [0.717, 1.165) is 0 Å². The van der Waals surface area contributed by atoms with E-state index in [9.17, 15) is 24.6 Å². The molecular formula is C7H2K2O6. The molecule has 0 aliphatic carbocycles. The summed E-state index contributed by atoms with van der Waals surface area (Å²) in [7, 11) is 0. The fourth-order valence-electron chi connectivity index (χ4n) is 0.679. The average Bonchev–Trinajstić information content (AvgIpc) is 2.03. The maximum atomic E-state index is 10.7. The van der Waals surface area contributed by atoms with Gasteiger partial charge in [-0.15, -0.1) is 0 Å². The quantitative estimate of drug-likeness (QED) is 0.488. The molecule has 0 unspecified atom stereocenters. The van der Waals surface area contributed by atoms with Crippen LogP contribution in [-0.4, -0.2) is 11.9 Å². The van der Waals surface area contributed by atoms with Crippen molar-refractivity contribution in [2.75, 3.05) is 0 Å². The molecule has 1 heterocycles. The van der Waals surface area contributed by atoms with E-state index >= 15 is 0 Å². The molecule has 0 amide bonds. The van der Waals surface area contributed by atoms with Crippen LogP contribution in [0.15, 0.2) is 21.3 Å². The van der Waals surface area contributed by atoms with Gasteiger partial charge in [0.15, 0.2) is 16.9 Å². The van der Waals surface area contributed by atoms with E-state index in [1.165, 1.54) is 0 Å². The van der Waals surface area contributed by atoms with Gasteiger partial charge in [-0.05, 0) is 0 Å². The summed E-state index contributed by atoms with van der Waals surface area (Å²) < 4.78 is 4.26. The second-order valence-corrected chi connectivity index (χ2v) is 2.10. The van der Waals surface area contributed by atoms with Crippen LogP contribution in [-0.2, 0) is 0 Å². The molecule has 0 bridgehead atoms. The van der Waals surface area contributed by atoms with Gasteiger partial charge in [0.2, 0.25) is 0 Å². The Morgan fingerprint density at radius 1 is 1.00 bits per heavy atom. The Balaban J connectivity index is 0. The number of carbonyl (C=O) groups is 2. The maximum absolute atomic E-state index is 10.7. The van der Waals surface area contributed by atoms with Gasteiger partial charge in [-0.25, -0.2) is 0 Å². The van der Waals surface area contributed by atoms with Crippen LogP contribution in [0, 0.1) is 0 Å². The van der Waals surface area contributed by atoms with E-state index in [1.54, 1.807) is 0 Å². The van der Waals surface area contributed by atoms with Gasteiger partial charge in [0.1, 0.15) is 11.9 Å². The van der Waals surface area contributed by atoms with Crippen LogP contribution in [0.2, 0.25) is 0 Å². The molecule has 0 atom stereocenters. The van der Waals surface area contributed by atoms with E-state index < -0.39 is 28.9 Å². The Hall–Kier alpha value is 1.16. The van der Waals surface area contributed by atoms with Gasteiger partial charge in [0.05, 0.1) is 0 Å². The second-order valence-electron chi connectivity index (χ2n) is 2.10. The van der Waals surface area contributed by atoms with Gasteiger partial charge in [0, 0.05) is 12.1 Å². The van der Waals surface area contributed by atoms with Crippen molar-refractivity contribution >= 4 is 11.9 Å². The summed E-state index contributed by atoms with van der Waals surface area (Å²) in [5.74, 6) is -5.21. The molecule has 0 saturated heterocycles. The molecule has 0 aliphatic rings. The van der Waals surface area contributed by atoms with E-state index in [2.05, 4.69) is 4.42 Å². The molecule has 6 nitrogen and oxygen atoms in total. The fourth-order valence-corrected chi connectivity index (χ4v) is 0.679. The molecule has 1 aromatic heterocycles. The van der Waals surface area contributed by atoms with Crippen molar-refractivity contribution in [1.29, 1.82) is 0 Å². The Kier molecular flexibility index (Phi) is 10.2. The second kappa shape index (κ2) is 8.28. The van der Waals surface area contributed by atoms with Crippen LogP contribution >= 0.6 is 0 Å². The maximum Gasteiger partial charge on any atom is 1.00 e. The zero-order chi connectivity index (χ0) is 10.0. The minimum Gasteiger partial charge on any atom is -0.542 e. The van der Waals surface area contributed by atoms with Crippen LogP contribution in [0.1, 0.15) is 21.1 Å². The minimum atomic E-state index is -1.76. The predicted octanol–water partition coefficient (Wildman–Crippen LogP) is -8.63. The molecule has 0 N–H and O–H groups in total. The van der Waals surface area contributed by atoms with E-state index in [-0.39, 0.29) is 103 Å². The first-order valence-electron chi connectivity index (χ1n) is 3.08. The number of aromatic carboxylic acids is 2. The smallest absolute Gasteiger partial charge is 0.542 e. The normalized spacial score (nSPS) is 8.27. The van der Waals surface area contributed by atoms with Gasteiger partial charge in [-0.3, -0.25) is 4.79 Å². The molecular weight excluding hydrogens is 258 g/mol. The van der Waals surface area contributed by atoms with Crippen molar-refractivity contribution in [1.82, 2.24) is 0 Å². The van der Waals surface area contributed by atoms with Gasteiger partial charge in [0.25, 0.3) is 0 Å². The molecule has 0 aliphatic heterocycles. The number of rotatable bonds is 2. The number of carboxylic acids is 2. The van der Waals surface area contributed by atoms with Crippen LogP contribution in [0.3, 0.4) is 0 Å². The summed E-state index contributed by atoms with van der Waals surface area (Å²) in [6.45, 7) is 0. The third-order valence-electron chi connectivity index (χ3n) is 1.17. The molecule has 1 aromatic rings. The van der Waals surface area contributed by atoms with Crippen molar-refractivity contribution in [2.45, 2.75) is 0 Å². The van der Waals surface area contributed by atoms with Crippen molar-refractivity contribution in [3.63, 3.8) is 0 Å². The third-order valence-corrected chi connectivity index (χ3v) is 1.17. The Morgan fingerprint density at radius 3 is 1.60 bits per heavy atom. The third kappa shape index (κ3) is 5.87. The first-order chi connectivity index (χ1) is 6.00. The number of hydrogen-bond donors (Lipinski definition) is 0. The Bertz CT molecular complexity index is 388. The zero-order valence-electron chi connectivity index (χ0n) is 8.10. The summed E-state index contributed by atoms with van der Waals surface area (Å²) >= 11 is 0. The summed E-state index contributed by atoms with van der Waals surface area (Å²) in [4.78, 5) is 31.0. The van der Waals surface area contributed by atoms with Gasteiger partial charge in [-0.1, -0.05) is 0 Å². The molecule has 0 saturated carbocycles. The topological polar surface area (TPSA) is 110 Å². The number of carbonyl (C=O) groups excluding carboxylic acids is 2. The average molecular weight is 260 g/mol. The number of carboxylic acid groups (broad SMARTS) is 2. The number of hydrogen-bond acceptors (Lipinski definition) is 6. The standard InChI is InChI=1S/C7H4O6.2K/c8-3-1-4(6(9)10)13-5(2-3)7(11)12;;/h1-2H,(H,9,10)(H,11,12);;/q;2*+1/p-2. The molecule has 0 spiro atoms. The molecule has 1 rings (SSSR count). The predicted molar refractivity (Wildman–Crippen MR) is 33.6 cm³/mol. The molecule has 0 fully saturated rings. The first kappa shape index (κ1) is 18.5. The van der Waals surface area contributed by atoms with Gasteiger partial charge < -0.3 is 24.2 Å². The van der Waals surface area contributed by atoms with E-state index in [4.69, 9.17) is 0 Å². The zero-order valence-corrected chi connectivity index (χ0v) is 14.4. The van der Waals surface area contributed by atoms with Gasteiger partial charge in [-0.2, -0.15) is 0 Å². The van der Waals surface area contributed by atoms with Crippen LogP contribution < -0.4 is 118 Å². The molecule has 68 valence electrons. The van der Waals surface area contributed by atoms with Crippen LogP contribution in [0.4, 0.5) is 0 Å². The monoisotopic (exact) mass is 260 g/mol. The Morgan fingerprint density at radius 2 is 1.33 bits per heavy atom. The van der Waals surface area contributed by atoms with Crippen molar-refractivity contribution < 1.29 is 127 Å². The first-order valence-corrected chi connectivity index (χ1v) is 3.08. The summed E-state index contributed by atoms with van der Waals surface area (Å²) in [5.41, 5.74) is -0.801. The van der Waals surface area contributed by atoms with Crippen molar-refractivity contribution in [3.8, 4) is 0 Å². The summed E-state index contributed by atoms with van der Waals surface area (Å²) in [6, 6.07) is 1.23. The summed E-state index contributed by atoms with van der Waals surface area (Å²) in [6.07, 6.45) is 0. The van der Waals surface area contributed by atoms with E-state index in [1.807, 2.05) is 0 Å². The van der Waals surface area contributed by atoms with Gasteiger partial charge >= 0.3 is 103 Å². The molecule has 15 heavy (non-hydrogen) atoms. The summed E-state index contributed by atoms with van der Waals surface area (Å²) in [5, 5.41) is 20.3. The molecule has 8 heteroatoms. The molecule has 0 radical (unpaired) electrons. The Labute approximate surface area is 169 Å². The van der Waals surface area contributed by atoms with Crippen LogP contribution in [0.5, 0.6) is 0 Å². The SMILES string of the molecule is O=C([O-])c1cc(=O)cc(C(=O)[O-])o1.[K+].[K+]. The molecule has 0 aromatic carbocycles. The van der Waals surface area contributed by atoms with E-state index in [0.29, 0.717) is 12.1 Å². The fraction of sp³-hybridized carbons (Fsp3) is 0.